The number of methoxy groups -OCH3 is 1. The lowest BCUT2D eigenvalue weighted by Gasteiger charge is -2.08. The van der Waals surface area contributed by atoms with Gasteiger partial charge in [-0.1, -0.05) is 55.1 Å². The molecule has 0 radical (unpaired) electrons. The third kappa shape index (κ3) is 1.98. The molecule has 0 aliphatic heterocycles. The van der Waals surface area contributed by atoms with Crippen molar-refractivity contribution in [3.8, 4) is 16.9 Å². The highest BCUT2D eigenvalue weighted by atomic mass is 16.5. The molecule has 1 nitrogen and oxygen atoms in total. The van der Waals surface area contributed by atoms with Crippen LogP contribution in [0.4, 0.5) is 0 Å². The molecule has 2 rings (SSSR count). The third-order valence-corrected chi connectivity index (χ3v) is 2.56. The Labute approximate surface area is 96.0 Å². The molecule has 0 N–H and O–H groups in total. The fraction of sp³-hybridized carbons (Fsp3) is 0.0667. The van der Waals surface area contributed by atoms with Crippen molar-refractivity contribution in [2.45, 2.75) is 0 Å². The van der Waals surface area contributed by atoms with Crippen LogP contribution >= 0.6 is 0 Å². The Balaban J connectivity index is 2.45. The summed E-state index contributed by atoms with van der Waals surface area (Å²) in [4.78, 5) is 0. The van der Waals surface area contributed by atoms with Crippen molar-refractivity contribution < 1.29 is 4.74 Å². The number of benzene rings is 2. The Kier molecular flexibility index (Phi) is 3.06. The van der Waals surface area contributed by atoms with Crippen LogP contribution in [-0.2, 0) is 0 Å². The van der Waals surface area contributed by atoms with Crippen molar-refractivity contribution in [2.75, 3.05) is 7.11 Å². The average molecular weight is 210 g/mol. The molecule has 0 atom stereocenters. The van der Waals surface area contributed by atoms with Crippen LogP contribution in [0.3, 0.4) is 0 Å². The summed E-state index contributed by atoms with van der Waals surface area (Å²) in [6.45, 7) is 3.74. The molecule has 0 aliphatic rings. The normalized spacial score (nSPS) is 9.81. The third-order valence-electron chi connectivity index (χ3n) is 2.56. The average Bonchev–Trinajstić information content (AvgIpc) is 2.39. The van der Waals surface area contributed by atoms with Crippen molar-refractivity contribution in [1.29, 1.82) is 0 Å². The molecule has 0 aliphatic carbocycles. The van der Waals surface area contributed by atoms with Crippen molar-refractivity contribution >= 4 is 6.08 Å². The van der Waals surface area contributed by atoms with Gasteiger partial charge in [0, 0.05) is 5.56 Å². The fourth-order valence-electron chi connectivity index (χ4n) is 1.68. The first-order chi connectivity index (χ1) is 7.85. The van der Waals surface area contributed by atoms with E-state index in [0.717, 1.165) is 22.4 Å². The van der Waals surface area contributed by atoms with Gasteiger partial charge in [-0.25, -0.2) is 0 Å². The minimum Gasteiger partial charge on any atom is -0.496 e. The zero-order valence-corrected chi connectivity index (χ0v) is 9.31. The van der Waals surface area contributed by atoms with Gasteiger partial charge < -0.3 is 4.74 Å². The van der Waals surface area contributed by atoms with Gasteiger partial charge in [-0.2, -0.15) is 0 Å². The molecule has 80 valence electrons. The van der Waals surface area contributed by atoms with Gasteiger partial charge in [-0.15, -0.1) is 0 Å². The van der Waals surface area contributed by atoms with E-state index >= 15 is 0 Å². The van der Waals surface area contributed by atoms with Crippen LogP contribution in [0.15, 0.2) is 55.1 Å². The predicted molar refractivity (Wildman–Crippen MR) is 68.5 cm³/mol. The van der Waals surface area contributed by atoms with Crippen molar-refractivity contribution in [3.05, 3.63) is 60.7 Å². The standard InChI is InChI=1S/C15H14O/c1-3-12-8-10-13(11-9-12)14-6-4-5-7-15(14)16-2/h3-11H,1H2,2H3. The lowest BCUT2D eigenvalue weighted by Crippen LogP contribution is -1.87. The van der Waals surface area contributed by atoms with E-state index < -0.39 is 0 Å². The first kappa shape index (κ1) is 10.5. The number of hydrogen-bond acceptors (Lipinski definition) is 1. The molecular weight excluding hydrogens is 196 g/mol. The summed E-state index contributed by atoms with van der Waals surface area (Å²) in [6.07, 6.45) is 1.84. The van der Waals surface area contributed by atoms with E-state index in [1.54, 1.807) is 7.11 Å². The molecule has 0 fully saturated rings. The second-order valence-corrected chi connectivity index (χ2v) is 3.53. The van der Waals surface area contributed by atoms with Crippen LogP contribution < -0.4 is 4.74 Å². The summed E-state index contributed by atoms with van der Waals surface area (Å²) in [5, 5.41) is 0. The van der Waals surface area contributed by atoms with Gasteiger partial charge in [-0.05, 0) is 17.2 Å². The molecule has 0 bridgehead atoms. The summed E-state index contributed by atoms with van der Waals surface area (Å²) in [6, 6.07) is 16.3. The summed E-state index contributed by atoms with van der Waals surface area (Å²) >= 11 is 0. The highest BCUT2D eigenvalue weighted by Crippen LogP contribution is 2.29. The van der Waals surface area contributed by atoms with E-state index in [2.05, 4.69) is 36.9 Å². The molecule has 16 heavy (non-hydrogen) atoms. The van der Waals surface area contributed by atoms with Gasteiger partial charge >= 0.3 is 0 Å². The first-order valence-electron chi connectivity index (χ1n) is 5.21. The second kappa shape index (κ2) is 4.67. The van der Waals surface area contributed by atoms with Crippen molar-refractivity contribution in [2.24, 2.45) is 0 Å². The van der Waals surface area contributed by atoms with Crippen LogP contribution in [0.1, 0.15) is 5.56 Å². The quantitative estimate of drug-likeness (QED) is 0.743. The zero-order chi connectivity index (χ0) is 11.4. The highest BCUT2D eigenvalue weighted by Gasteiger charge is 2.03. The van der Waals surface area contributed by atoms with E-state index in [0.29, 0.717) is 0 Å². The van der Waals surface area contributed by atoms with Crippen LogP contribution in [0.2, 0.25) is 0 Å². The maximum absolute atomic E-state index is 5.34. The summed E-state index contributed by atoms with van der Waals surface area (Å²) in [7, 11) is 1.69. The SMILES string of the molecule is C=Cc1ccc(-c2ccccc2OC)cc1. The number of rotatable bonds is 3. The van der Waals surface area contributed by atoms with Crippen LogP contribution in [0.25, 0.3) is 17.2 Å². The minimum atomic E-state index is 0.897. The topological polar surface area (TPSA) is 9.23 Å². The molecule has 2 aromatic carbocycles. The summed E-state index contributed by atoms with van der Waals surface area (Å²) in [5.41, 5.74) is 3.39. The van der Waals surface area contributed by atoms with Crippen LogP contribution in [0.5, 0.6) is 5.75 Å². The van der Waals surface area contributed by atoms with E-state index in [1.807, 2.05) is 24.3 Å². The Hall–Kier alpha value is -2.02. The molecule has 0 saturated heterocycles. The van der Waals surface area contributed by atoms with Gasteiger partial charge in [0.25, 0.3) is 0 Å². The maximum Gasteiger partial charge on any atom is 0.126 e. The Morgan fingerprint density at radius 2 is 1.69 bits per heavy atom. The molecule has 0 saturated carbocycles. The van der Waals surface area contributed by atoms with E-state index in [4.69, 9.17) is 4.74 Å². The molecular formula is C15H14O. The maximum atomic E-state index is 5.34. The second-order valence-electron chi connectivity index (χ2n) is 3.53. The number of ether oxygens (including phenoxy) is 1. The van der Waals surface area contributed by atoms with E-state index in [-0.39, 0.29) is 0 Å². The summed E-state index contributed by atoms with van der Waals surface area (Å²) < 4.78 is 5.34. The summed E-state index contributed by atoms with van der Waals surface area (Å²) in [5.74, 6) is 0.897. The van der Waals surface area contributed by atoms with Crippen LogP contribution in [0, 0.1) is 0 Å². The Morgan fingerprint density at radius 1 is 1.00 bits per heavy atom. The van der Waals surface area contributed by atoms with E-state index in [1.165, 1.54) is 0 Å². The molecule has 0 unspecified atom stereocenters. The monoisotopic (exact) mass is 210 g/mol. The molecule has 0 spiro atoms. The minimum absolute atomic E-state index is 0.897. The molecule has 1 heteroatoms. The number of para-hydroxylation sites is 1. The Bertz CT molecular complexity index is 483. The lowest BCUT2D eigenvalue weighted by molar-refractivity contribution is 0.416. The smallest absolute Gasteiger partial charge is 0.126 e. The molecule has 0 aromatic heterocycles. The largest absolute Gasteiger partial charge is 0.496 e. The zero-order valence-electron chi connectivity index (χ0n) is 9.31. The van der Waals surface area contributed by atoms with Crippen LogP contribution in [-0.4, -0.2) is 7.11 Å². The van der Waals surface area contributed by atoms with Gasteiger partial charge in [0.2, 0.25) is 0 Å². The number of hydrogen-bond donors (Lipinski definition) is 0. The molecule has 0 heterocycles. The lowest BCUT2D eigenvalue weighted by atomic mass is 10.0. The fourth-order valence-corrected chi connectivity index (χ4v) is 1.68. The van der Waals surface area contributed by atoms with Crippen molar-refractivity contribution in [1.82, 2.24) is 0 Å². The Morgan fingerprint density at radius 3 is 2.31 bits per heavy atom. The first-order valence-corrected chi connectivity index (χ1v) is 5.21. The molecule has 2 aromatic rings. The highest BCUT2D eigenvalue weighted by molar-refractivity contribution is 5.71. The van der Waals surface area contributed by atoms with Crippen molar-refractivity contribution in [3.63, 3.8) is 0 Å². The molecule has 0 amide bonds. The predicted octanol–water partition coefficient (Wildman–Crippen LogP) is 4.01. The van der Waals surface area contributed by atoms with E-state index in [9.17, 15) is 0 Å². The van der Waals surface area contributed by atoms with Gasteiger partial charge in [0.1, 0.15) is 5.75 Å². The van der Waals surface area contributed by atoms with Gasteiger partial charge in [0.05, 0.1) is 7.11 Å². The van der Waals surface area contributed by atoms with Gasteiger partial charge in [0.15, 0.2) is 0 Å². The van der Waals surface area contributed by atoms with Gasteiger partial charge in [-0.3, -0.25) is 0 Å².